The Kier molecular flexibility index (Phi) is 6.35. The third-order valence-electron chi connectivity index (χ3n) is 4.84. The first-order valence-corrected chi connectivity index (χ1v) is 10.3. The lowest BCUT2D eigenvalue weighted by Crippen LogP contribution is -2.13. The van der Waals surface area contributed by atoms with Crippen LogP contribution < -0.4 is 9.47 Å². The fourth-order valence-corrected chi connectivity index (χ4v) is 3.60. The average molecular weight is 419 g/mol. The number of hydrogen-bond acceptors (Lipinski definition) is 3. The van der Waals surface area contributed by atoms with Gasteiger partial charge in [0, 0.05) is 0 Å². The number of benzene rings is 3. The number of para-hydroxylation sites is 4. The van der Waals surface area contributed by atoms with Gasteiger partial charge in [-0.15, -0.1) is 6.58 Å². The first-order chi connectivity index (χ1) is 14.8. The molecule has 0 aliphatic rings. The number of ether oxygens (including phenoxy) is 2. The van der Waals surface area contributed by atoms with Gasteiger partial charge in [-0.2, -0.15) is 0 Å². The quantitative estimate of drug-likeness (QED) is 0.309. The summed E-state index contributed by atoms with van der Waals surface area (Å²) in [6.07, 6.45) is 2.66. The van der Waals surface area contributed by atoms with Crippen LogP contribution in [0.5, 0.6) is 11.5 Å². The second-order valence-electron chi connectivity index (χ2n) is 6.84. The van der Waals surface area contributed by atoms with Gasteiger partial charge in [0.1, 0.15) is 30.5 Å². The normalized spacial score (nSPS) is 10.8. The number of imidazole rings is 1. The molecule has 0 aliphatic carbocycles. The van der Waals surface area contributed by atoms with Crippen molar-refractivity contribution in [1.29, 1.82) is 0 Å². The SMILES string of the molecule is C=CCc1ccccc1OCCn1c(COc2ccccc2Cl)nc2ccccc21. The highest BCUT2D eigenvalue weighted by Gasteiger charge is 2.12. The molecule has 4 nitrogen and oxygen atoms in total. The zero-order valence-electron chi connectivity index (χ0n) is 16.6. The van der Waals surface area contributed by atoms with Gasteiger partial charge in [-0.05, 0) is 42.3 Å². The molecule has 0 aliphatic heterocycles. The van der Waals surface area contributed by atoms with Crippen LogP contribution in [0.3, 0.4) is 0 Å². The standard InChI is InChI=1S/C25H23ClN2O2/c1-2-9-19-10-3-7-14-23(19)29-17-16-28-22-13-6-5-12-21(22)27-25(28)18-30-24-15-8-4-11-20(24)26/h2-8,10-15H,1,9,16-18H2. The van der Waals surface area contributed by atoms with E-state index in [9.17, 15) is 0 Å². The minimum absolute atomic E-state index is 0.325. The Hall–Kier alpha value is -3.24. The van der Waals surface area contributed by atoms with Crippen molar-refractivity contribution in [2.45, 2.75) is 19.6 Å². The number of halogens is 1. The Morgan fingerprint density at radius 1 is 0.900 bits per heavy atom. The van der Waals surface area contributed by atoms with E-state index in [1.807, 2.05) is 66.7 Å². The summed E-state index contributed by atoms with van der Waals surface area (Å²) in [6.45, 7) is 5.33. The van der Waals surface area contributed by atoms with Gasteiger partial charge in [0.05, 0.1) is 22.6 Å². The lowest BCUT2D eigenvalue weighted by Gasteiger charge is -2.13. The summed E-state index contributed by atoms with van der Waals surface area (Å²) in [5.41, 5.74) is 3.12. The van der Waals surface area contributed by atoms with Crippen molar-refractivity contribution in [2.24, 2.45) is 0 Å². The number of rotatable bonds is 9. The van der Waals surface area contributed by atoms with E-state index in [1.165, 1.54) is 0 Å². The predicted molar refractivity (Wildman–Crippen MR) is 121 cm³/mol. The molecule has 5 heteroatoms. The minimum atomic E-state index is 0.325. The fraction of sp³-hybridized carbons (Fsp3) is 0.160. The van der Waals surface area contributed by atoms with Gasteiger partial charge >= 0.3 is 0 Å². The van der Waals surface area contributed by atoms with Crippen molar-refractivity contribution in [3.05, 3.63) is 102 Å². The molecule has 0 N–H and O–H groups in total. The van der Waals surface area contributed by atoms with Crippen LogP contribution in [0.15, 0.2) is 85.5 Å². The molecule has 0 unspecified atom stereocenters. The van der Waals surface area contributed by atoms with E-state index in [-0.39, 0.29) is 0 Å². The van der Waals surface area contributed by atoms with Crippen molar-refractivity contribution < 1.29 is 9.47 Å². The molecule has 0 bridgehead atoms. The maximum Gasteiger partial charge on any atom is 0.148 e. The van der Waals surface area contributed by atoms with Gasteiger partial charge in [0.15, 0.2) is 0 Å². The zero-order valence-corrected chi connectivity index (χ0v) is 17.4. The van der Waals surface area contributed by atoms with E-state index < -0.39 is 0 Å². The van der Waals surface area contributed by atoms with E-state index in [2.05, 4.69) is 23.3 Å². The lowest BCUT2D eigenvalue weighted by molar-refractivity contribution is 0.271. The van der Waals surface area contributed by atoms with Gasteiger partial charge in [0.2, 0.25) is 0 Å². The molecule has 1 heterocycles. The summed E-state index contributed by atoms with van der Waals surface area (Å²) in [5, 5.41) is 0.585. The number of nitrogens with zero attached hydrogens (tertiary/aromatic N) is 2. The van der Waals surface area contributed by atoms with E-state index in [1.54, 1.807) is 0 Å². The van der Waals surface area contributed by atoms with Crippen molar-refractivity contribution in [3.63, 3.8) is 0 Å². The molecule has 0 saturated heterocycles. The van der Waals surface area contributed by atoms with Crippen molar-refractivity contribution >= 4 is 22.6 Å². The molecule has 30 heavy (non-hydrogen) atoms. The Bertz CT molecular complexity index is 1150. The lowest BCUT2D eigenvalue weighted by atomic mass is 10.1. The van der Waals surface area contributed by atoms with Crippen LogP contribution in [0, 0.1) is 0 Å². The molecule has 0 radical (unpaired) electrons. The van der Waals surface area contributed by atoms with Crippen LogP contribution >= 0.6 is 11.6 Å². The minimum Gasteiger partial charge on any atom is -0.491 e. The highest BCUT2D eigenvalue weighted by atomic mass is 35.5. The Labute approximate surface area is 181 Å². The summed E-state index contributed by atoms with van der Waals surface area (Å²) < 4.78 is 14.2. The molecule has 0 spiro atoms. The van der Waals surface area contributed by atoms with Crippen LogP contribution in [0.2, 0.25) is 5.02 Å². The molecule has 4 rings (SSSR count). The van der Waals surface area contributed by atoms with Crippen LogP contribution in [0.1, 0.15) is 11.4 Å². The summed E-state index contributed by atoms with van der Waals surface area (Å²) >= 11 is 6.22. The molecule has 1 aromatic heterocycles. The smallest absolute Gasteiger partial charge is 0.148 e. The molecule has 4 aromatic rings. The molecule has 152 valence electrons. The Balaban J connectivity index is 1.52. The van der Waals surface area contributed by atoms with Gasteiger partial charge in [0.25, 0.3) is 0 Å². The van der Waals surface area contributed by atoms with E-state index in [4.69, 9.17) is 26.1 Å². The molecular weight excluding hydrogens is 396 g/mol. The first-order valence-electron chi connectivity index (χ1n) is 9.89. The third kappa shape index (κ3) is 4.50. The highest BCUT2D eigenvalue weighted by molar-refractivity contribution is 6.32. The van der Waals surface area contributed by atoms with Crippen LogP contribution in [0.25, 0.3) is 11.0 Å². The molecule has 3 aromatic carbocycles. The van der Waals surface area contributed by atoms with E-state index in [0.29, 0.717) is 30.5 Å². The summed E-state index contributed by atoms with van der Waals surface area (Å²) in [4.78, 5) is 4.76. The monoisotopic (exact) mass is 418 g/mol. The summed E-state index contributed by atoms with van der Waals surface area (Å²) in [7, 11) is 0. The van der Waals surface area contributed by atoms with Crippen LogP contribution in [0.4, 0.5) is 0 Å². The van der Waals surface area contributed by atoms with Crippen LogP contribution in [-0.4, -0.2) is 16.2 Å². The van der Waals surface area contributed by atoms with Crippen molar-refractivity contribution in [2.75, 3.05) is 6.61 Å². The summed E-state index contributed by atoms with van der Waals surface area (Å²) in [5.74, 6) is 2.36. The number of hydrogen-bond donors (Lipinski definition) is 0. The number of allylic oxidation sites excluding steroid dienone is 1. The maximum atomic E-state index is 6.22. The van der Waals surface area contributed by atoms with Gasteiger partial charge in [-0.3, -0.25) is 0 Å². The number of aromatic nitrogens is 2. The Morgan fingerprint density at radius 2 is 1.63 bits per heavy atom. The Morgan fingerprint density at radius 3 is 2.47 bits per heavy atom. The van der Waals surface area contributed by atoms with Crippen molar-refractivity contribution in [1.82, 2.24) is 9.55 Å². The topological polar surface area (TPSA) is 36.3 Å². The fourth-order valence-electron chi connectivity index (χ4n) is 3.40. The average Bonchev–Trinajstić information content (AvgIpc) is 3.12. The predicted octanol–water partition coefficient (Wildman–Crippen LogP) is 6.08. The second kappa shape index (κ2) is 9.51. The third-order valence-corrected chi connectivity index (χ3v) is 5.15. The summed E-state index contributed by atoms with van der Waals surface area (Å²) in [6, 6.07) is 23.6. The second-order valence-corrected chi connectivity index (χ2v) is 7.24. The zero-order chi connectivity index (χ0) is 20.8. The van der Waals surface area contributed by atoms with Gasteiger partial charge < -0.3 is 14.0 Å². The van der Waals surface area contributed by atoms with Crippen molar-refractivity contribution in [3.8, 4) is 11.5 Å². The number of fused-ring (bicyclic) bond motifs is 1. The van der Waals surface area contributed by atoms with Crippen LogP contribution in [-0.2, 0) is 19.6 Å². The maximum absolute atomic E-state index is 6.22. The highest BCUT2D eigenvalue weighted by Crippen LogP contribution is 2.25. The molecule has 0 saturated carbocycles. The molecule has 0 atom stereocenters. The van der Waals surface area contributed by atoms with Gasteiger partial charge in [-0.25, -0.2) is 4.98 Å². The van der Waals surface area contributed by atoms with Gasteiger partial charge in [-0.1, -0.05) is 60.1 Å². The largest absolute Gasteiger partial charge is 0.491 e. The molecular formula is C25H23ClN2O2. The first kappa shape index (κ1) is 20.0. The van der Waals surface area contributed by atoms with E-state index >= 15 is 0 Å². The van der Waals surface area contributed by atoms with E-state index in [0.717, 1.165) is 34.6 Å². The molecule has 0 amide bonds. The molecule has 0 fully saturated rings.